The first kappa shape index (κ1) is 10.1. The van der Waals surface area contributed by atoms with Gasteiger partial charge in [-0.3, -0.25) is 0 Å². The fourth-order valence-corrected chi connectivity index (χ4v) is 2.43. The summed E-state index contributed by atoms with van der Waals surface area (Å²) < 4.78 is 25.9. The Morgan fingerprint density at radius 3 is 2.64 bits per heavy atom. The standard InChI is InChI=1S/C11H11BrF2/c12-10(5-7-1-2-7)9-4-3-8(13)6-11(9)14/h3-4,6-7,10H,1-2,5H2. The van der Waals surface area contributed by atoms with Crippen LogP contribution in [0.5, 0.6) is 0 Å². The van der Waals surface area contributed by atoms with Crippen molar-refractivity contribution in [3.05, 3.63) is 35.4 Å². The summed E-state index contributed by atoms with van der Waals surface area (Å²) in [6, 6.07) is 3.77. The zero-order valence-corrected chi connectivity index (χ0v) is 9.23. The summed E-state index contributed by atoms with van der Waals surface area (Å²) in [4.78, 5) is 0.0237. The number of alkyl halides is 1. The van der Waals surface area contributed by atoms with Gasteiger partial charge < -0.3 is 0 Å². The van der Waals surface area contributed by atoms with E-state index in [1.54, 1.807) is 0 Å². The molecule has 1 saturated carbocycles. The molecule has 0 spiro atoms. The molecular weight excluding hydrogens is 250 g/mol. The molecule has 0 bridgehead atoms. The fourth-order valence-electron chi connectivity index (χ4n) is 1.53. The monoisotopic (exact) mass is 260 g/mol. The Balaban J connectivity index is 2.13. The molecule has 0 saturated heterocycles. The summed E-state index contributed by atoms with van der Waals surface area (Å²) in [5, 5.41) is 0. The number of hydrogen-bond acceptors (Lipinski definition) is 0. The van der Waals surface area contributed by atoms with Gasteiger partial charge >= 0.3 is 0 Å². The van der Waals surface area contributed by atoms with Crippen LogP contribution in [0, 0.1) is 17.6 Å². The molecule has 1 atom stereocenters. The van der Waals surface area contributed by atoms with E-state index >= 15 is 0 Å². The van der Waals surface area contributed by atoms with Crippen LogP contribution >= 0.6 is 15.9 Å². The zero-order chi connectivity index (χ0) is 10.1. The number of rotatable bonds is 3. The molecule has 0 radical (unpaired) electrons. The molecule has 3 heteroatoms. The van der Waals surface area contributed by atoms with Crippen LogP contribution in [-0.4, -0.2) is 0 Å². The maximum Gasteiger partial charge on any atom is 0.130 e. The molecule has 0 amide bonds. The first-order valence-corrected chi connectivity index (χ1v) is 5.67. The maximum atomic E-state index is 13.3. The summed E-state index contributed by atoms with van der Waals surface area (Å²) in [6.07, 6.45) is 3.43. The normalized spacial score (nSPS) is 18.2. The van der Waals surface area contributed by atoms with E-state index in [4.69, 9.17) is 0 Å². The lowest BCUT2D eigenvalue weighted by Gasteiger charge is -2.10. The van der Waals surface area contributed by atoms with Gasteiger partial charge in [-0.1, -0.05) is 34.8 Å². The van der Waals surface area contributed by atoms with Gasteiger partial charge in [0.15, 0.2) is 0 Å². The molecule has 1 aliphatic carbocycles. The van der Waals surface area contributed by atoms with E-state index in [0.29, 0.717) is 5.56 Å². The van der Waals surface area contributed by atoms with E-state index in [9.17, 15) is 8.78 Å². The lowest BCUT2D eigenvalue weighted by Crippen LogP contribution is -1.96. The third-order valence-electron chi connectivity index (χ3n) is 2.54. The van der Waals surface area contributed by atoms with Gasteiger partial charge in [-0.2, -0.15) is 0 Å². The van der Waals surface area contributed by atoms with Crippen molar-refractivity contribution in [2.24, 2.45) is 5.92 Å². The molecule has 1 fully saturated rings. The van der Waals surface area contributed by atoms with Crippen LogP contribution in [-0.2, 0) is 0 Å². The topological polar surface area (TPSA) is 0 Å². The minimum Gasteiger partial charge on any atom is -0.207 e. The van der Waals surface area contributed by atoms with Crippen LogP contribution in [0.3, 0.4) is 0 Å². The summed E-state index contributed by atoms with van der Waals surface area (Å²) >= 11 is 3.44. The molecule has 76 valence electrons. The first-order valence-electron chi connectivity index (χ1n) is 4.76. The Morgan fingerprint density at radius 1 is 1.36 bits per heavy atom. The van der Waals surface area contributed by atoms with Gasteiger partial charge in [-0.25, -0.2) is 8.78 Å². The van der Waals surface area contributed by atoms with Gasteiger partial charge in [0.05, 0.1) is 0 Å². The summed E-state index contributed by atoms with van der Waals surface area (Å²) in [5.74, 6) is -0.242. The van der Waals surface area contributed by atoms with E-state index in [-0.39, 0.29) is 4.83 Å². The minimum absolute atomic E-state index is 0.0237. The average Bonchev–Trinajstić information content (AvgIpc) is 2.87. The molecule has 0 aromatic heterocycles. The van der Waals surface area contributed by atoms with Crippen LogP contribution in [0.2, 0.25) is 0 Å². The Hall–Kier alpha value is -0.440. The molecule has 0 aliphatic heterocycles. The van der Waals surface area contributed by atoms with Crippen molar-refractivity contribution in [2.45, 2.75) is 24.1 Å². The quantitative estimate of drug-likeness (QED) is 0.715. The van der Waals surface area contributed by atoms with Crippen molar-refractivity contribution in [1.29, 1.82) is 0 Å². The molecule has 1 unspecified atom stereocenters. The molecule has 14 heavy (non-hydrogen) atoms. The molecule has 1 aromatic rings. The second-order valence-electron chi connectivity index (χ2n) is 3.81. The Morgan fingerprint density at radius 2 is 2.07 bits per heavy atom. The Kier molecular flexibility index (Phi) is 2.86. The Labute approximate surface area is 90.4 Å². The highest BCUT2D eigenvalue weighted by Gasteiger charge is 2.26. The van der Waals surface area contributed by atoms with Crippen molar-refractivity contribution < 1.29 is 8.78 Å². The molecule has 1 aromatic carbocycles. The minimum atomic E-state index is -0.516. The smallest absolute Gasteiger partial charge is 0.130 e. The van der Waals surface area contributed by atoms with E-state index < -0.39 is 11.6 Å². The Bertz CT molecular complexity index is 334. The van der Waals surface area contributed by atoms with Crippen molar-refractivity contribution >= 4 is 15.9 Å². The predicted octanol–water partition coefficient (Wildman–Crippen LogP) is 4.20. The maximum absolute atomic E-state index is 13.3. The lowest BCUT2D eigenvalue weighted by atomic mass is 10.1. The van der Waals surface area contributed by atoms with Gasteiger partial charge in [0.2, 0.25) is 0 Å². The van der Waals surface area contributed by atoms with Gasteiger partial charge in [0.25, 0.3) is 0 Å². The van der Waals surface area contributed by atoms with Gasteiger partial charge in [0, 0.05) is 16.5 Å². The van der Waals surface area contributed by atoms with Crippen molar-refractivity contribution in [3.63, 3.8) is 0 Å². The molecule has 0 nitrogen and oxygen atoms in total. The van der Waals surface area contributed by atoms with Crippen LogP contribution in [0.15, 0.2) is 18.2 Å². The molecule has 0 N–H and O–H groups in total. The summed E-state index contributed by atoms with van der Waals surface area (Å²) in [5.41, 5.74) is 0.568. The third-order valence-corrected chi connectivity index (χ3v) is 3.40. The molecule has 1 aliphatic rings. The lowest BCUT2D eigenvalue weighted by molar-refractivity contribution is 0.565. The second kappa shape index (κ2) is 3.97. The van der Waals surface area contributed by atoms with Crippen molar-refractivity contribution in [3.8, 4) is 0 Å². The van der Waals surface area contributed by atoms with E-state index in [2.05, 4.69) is 15.9 Å². The second-order valence-corrected chi connectivity index (χ2v) is 4.92. The third kappa shape index (κ3) is 2.32. The van der Waals surface area contributed by atoms with Crippen LogP contribution in [0.4, 0.5) is 8.78 Å². The van der Waals surface area contributed by atoms with E-state index in [1.807, 2.05) is 0 Å². The van der Waals surface area contributed by atoms with Gasteiger partial charge in [-0.05, 0) is 18.4 Å². The van der Waals surface area contributed by atoms with Crippen LogP contribution in [0.1, 0.15) is 29.7 Å². The molecule has 2 rings (SSSR count). The fraction of sp³-hybridized carbons (Fsp3) is 0.455. The number of hydrogen-bond donors (Lipinski definition) is 0. The number of halogens is 3. The van der Waals surface area contributed by atoms with Crippen molar-refractivity contribution in [2.75, 3.05) is 0 Å². The van der Waals surface area contributed by atoms with Crippen LogP contribution in [0.25, 0.3) is 0 Å². The average molecular weight is 261 g/mol. The highest BCUT2D eigenvalue weighted by molar-refractivity contribution is 9.09. The van der Waals surface area contributed by atoms with Crippen LogP contribution < -0.4 is 0 Å². The van der Waals surface area contributed by atoms with E-state index in [1.165, 1.54) is 25.0 Å². The highest BCUT2D eigenvalue weighted by Crippen LogP contribution is 2.41. The molecular formula is C11H11BrF2. The zero-order valence-electron chi connectivity index (χ0n) is 7.64. The first-order chi connectivity index (χ1) is 6.66. The highest BCUT2D eigenvalue weighted by atomic mass is 79.9. The summed E-state index contributed by atoms with van der Waals surface area (Å²) in [7, 11) is 0. The van der Waals surface area contributed by atoms with Gasteiger partial charge in [-0.15, -0.1) is 0 Å². The van der Waals surface area contributed by atoms with E-state index in [0.717, 1.165) is 18.4 Å². The summed E-state index contributed by atoms with van der Waals surface area (Å²) in [6.45, 7) is 0. The SMILES string of the molecule is Fc1ccc(C(Br)CC2CC2)c(F)c1. The number of benzene rings is 1. The predicted molar refractivity (Wildman–Crippen MR) is 55.4 cm³/mol. The van der Waals surface area contributed by atoms with Crippen molar-refractivity contribution in [1.82, 2.24) is 0 Å². The largest absolute Gasteiger partial charge is 0.207 e. The molecule has 0 heterocycles. The van der Waals surface area contributed by atoms with Gasteiger partial charge in [0.1, 0.15) is 11.6 Å².